The predicted molar refractivity (Wildman–Crippen MR) is 177 cm³/mol. The number of para-hydroxylation sites is 1. The van der Waals surface area contributed by atoms with Crippen LogP contribution >= 0.6 is 0 Å². The Morgan fingerprint density at radius 3 is 2.46 bits per heavy atom. The summed E-state index contributed by atoms with van der Waals surface area (Å²) < 4.78 is 3.05. The highest BCUT2D eigenvalue weighted by Gasteiger charge is 2.30. The lowest BCUT2D eigenvalue weighted by Crippen LogP contribution is -2.50. The Kier molecular flexibility index (Phi) is 11.3. The summed E-state index contributed by atoms with van der Waals surface area (Å²) >= 11 is 0. The third-order valence-corrected chi connectivity index (χ3v) is 8.12. The van der Waals surface area contributed by atoms with Crippen molar-refractivity contribution in [3.8, 4) is 5.69 Å². The summed E-state index contributed by atoms with van der Waals surface area (Å²) in [6.45, 7) is 6.50. The van der Waals surface area contributed by atoms with E-state index in [1.165, 1.54) is 22.0 Å². The number of hydrogen-bond acceptors (Lipinski definition) is 8. The summed E-state index contributed by atoms with van der Waals surface area (Å²) in [6, 6.07) is 15.2. The lowest BCUT2D eigenvalue weighted by molar-refractivity contribution is -0.129. The highest BCUT2D eigenvalue weighted by molar-refractivity contribution is 5.97. The molecular weight excluding hydrogens is 612 g/mol. The molecule has 48 heavy (non-hydrogen) atoms. The van der Waals surface area contributed by atoms with E-state index < -0.39 is 12.1 Å². The molecule has 2 aromatic heterocycles. The fourth-order valence-corrected chi connectivity index (χ4v) is 5.72. The molecule has 0 saturated heterocycles. The minimum absolute atomic E-state index is 0.0868. The molecule has 3 N–H and O–H groups in total. The maximum atomic E-state index is 13.9. The molecule has 1 aliphatic heterocycles. The first-order valence-corrected chi connectivity index (χ1v) is 16.2. The van der Waals surface area contributed by atoms with Gasteiger partial charge in [-0.3, -0.25) is 19.2 Å². The Morgan fingerprint density at radius 2 is 1.71 bits per heavy atom. The van der Waals surface area contributed by atoms with E-state index in [2.05, 4.69) is 36.1 Å². The number of nitrogens with one attached hydrogen (secondary N) is 3. The van der Waals surface area contributed by atoms with Crippen molar-refractivity contribution in [2.45, 2.75) is 65.1 Å². The molecule has 1 aliphatic rings. The van der Waals surface area contributed by atoms with Crippen molar-refractivity contribution in [2.24, 2.45) is 5.92 Å². The number of amides is 4. The number of aryl methyl sites for hydroxylation is 1. The van der Waals surface area contributed by atoms with E-state index in [-0.39, 0.29) is 48.9 Å². The molecule has 0 fully saturated rings. The average molecular weight is 655 g/mol. The van der Waals surface area contributed by atoms with E-state index in [1.54, 1.807) is 30.0 Å². The molecule has 252 valence electrons. The van der Waals surface area contributed by atoms with Crippen LogP contribution in [-0.2, 0) is 27.3 Å². The zero-order chi connectivity index (χ0) is 34.0. The van der Waals surface area contributed by atoms with Crippen LogP contribution < -0.4 is 16.0 Å². The van der Waals surface area contributed by atoms with Crippen LogP contribution in [0.1, 0.15) is 66.7 Å². The zero-order valence-corrected chi connectivity index (χ0v) is 27.5. The molecule has 0 radical (unpaired) electrons. The number of benzene rings is 2. The van der Waals surface area contributed by atoms with Gasteiger partial charge in [0.15, 0.2) is 5.82 Å². The number of carbonyl (C=O) groups is 4. The van der Waals surface area contributed by atoms with Crippen LogP contribution in [0, 0.1) is 12.8 Å². The summed E-state index contributed by atoms with van der Waals surface area (Å²) in [7, 11) is 0. The predicted octanol–water partition coefficient (Wildman–Crippen LogP) is 2.15. The number of rotatable bonds is 5. The normalized spacial score (nSPS) is 18.7. The summed E-state index contributed by atoms with van der Waals surface area (Å²) in [6.07, 6.45) is 4.16. The van der Waals surface area contributed by atoms with Gasteiger partial charge in [-0.25, -0.2) is 19.3 Å². The molecule has 2 aromatic carbocycles. The van der Waals surface area contributed by atoms with E-state index in [4.69, 9.17) is 0 Å². The molecule has 2 atom stereocenters. The summed E-state index contributed by atoms with van der Waals surface area (Å²) in [5.41, 5.74) is 1.91. The van der Waals surface area contributed by atoms with E-state index in [0.29, 0.717) is 55.4 Å². The fourth-order valence-electron chi connectivity index (χ4n) is 5.72. The number of carbonyl (C=O) groups excluding carboxylic acids is 4. The van der Waals surface area contributed by atoms with E-state index in [1.807, 2.05) is 50.2 Å². The topological polar surface area (TPSA) is 169 Å². The Morgan fingerprint density at radius 1 is 0.958 bits per heavy atom. The van der Waals surface area contributed by atoms with Gasteiger partial charge in [0.05, 0.1) is 17.3 Å². The molecule has 4 amide bonds. The Bertz CT molecular complexity index is 1700. The Balaban J connectivity index is 1.41. The maximum Gasteiger partial charge on any atom is 0.256 e. The second kappa shape index (κ2) is 15.9. The molecular formula is C34H42N10O4. The van der Waals surface area contributed by atoms with Gasteiger partial charge in [0.2, 0.25) is 17.7 Å². The zero-order valence-electron chi connectivity index (χ0n) is 27.5. The maximum absolute atomic E-state index is 13.9. The van der Waals surface area contributed by atoms with Crippen molar-refractivity contribution in [1.29, 1.82) is 0 Å². The molecule has 3 heterocycles. The van der Waals surface area contributed by atoms with Gasteiger partial charge in [0.1, 0.15) is 31.1 Å². The molecule has 0 saturated carbocycles. The van der Waals surface area contributed by atoms with Crippen molar-refractivity contribution in [1.82, 2.24) is 50.4 Å². The second-order valence-electron chi connectivity index (χ2n) is 12.2. The molecule has 0 spiro atoms. The molecule has 5 rings (SSSR count). The van der Waals surface area contributed by atoms with Crippen molar-refractivity contribution in [2.75, 3.05) is 19.6 Å². The molecule has 14 nitrogen and oxygen atoms in total. The Hall–Kier alpha value is -5.40. The number of fused-ring (bicyclic) bond motifs is 1. The molecule has 14 heteroatoms. The summed E-state index contributed by atoms with van der Waals surface area (Å²) in [5, 5.41) is 17.6. The van der Waals surface area contributed by atoms with E-state index in [9.17, 15) is 19.2 Å². The minimum Gasteiger partial charge on any atom is -0.354 e. The van der Waals surface area contributed by atoms with Gasteiger partial charge >= 0.3 is 0 Å². The molecule has 0 unspecified atom stereocenters. The van der Waals surface area contributed by atoms with Crippen LogP contribution in [0.4, 0.5) is 0 Å². The first-order valence-electron chi connectivity index (χ1n) is 16.2. The smallest absolute Gasteiger partial charge is 0.256 e. The average Bonchev–Trinajstić information content (AvgIpc) is 3.74. The number of nitrogens with zero attached hydrogens (tertiary/aromatic N) is 7. The van der Waals surface area contributed by atoms with Crippen LogP contribution in [0.3, 0.4) is 0 Å². The molecule has 4 aromatic rings. The van der Waals surface area contributed by atoms with Crippen LogP contribution in [0.15, 0.2) is 67.3 Å². The van der Waals surface area contributed by atoms with Crippen molar-refractivity contribution in [3.05, 3.63) is 90.0 Å². The van der Waals surface area contributed by atoms with Gasteiger partial charge in [-0.15, -0.1) is 0 Å². The van der Waals surface area contributed by atoms with Crippen LogP contribution in [0.2, 0.25) is 0 Å². The van der Waals surface area contributed by atoms with Gasteiger partial charge in [0.25, 0.3) is 5.91 Å². The lowest BCUT2D eigenvalue weighted by atomic mass is 10.0. The first-order chi connectivity index (χ1) is 23.2. The standard InChI is InChI=1S/C34H42N10O4/c1-23(2)31-32-38-24(3)41-43(32)20-30(46)36-16-10-18-42(34(48)26-13-7-8-14-28(26)44-22-35-21-37-44)17-9-15-29(45)39-27(33(47)40-31)19-25-11-5-4-6-12-25/h4-8,11-14,21-23,27,31H,9-10,15-20H2,1-3H3,(H,36,46)(H,39,45)(H,40,47)/t27-,31+/m1/s1. The number of hydrogen-bond donors (Lipinski definition) is 3. The fraction of sp³-hybridized carbons (Fsp3) is 0.412. The van der Waals surface area contributed by atoms with Gasteiger partial charge in [0, 0.05) is 32.5 Å². The summed E-state index contributed by atoms with van der Waals surface area (Å²) in [4.78, 5) is 64.4. The lowest BCUT2D eigenvalue weighted by Gasteiger charge is -2.26. The summed E-state index contributed by atoms with van der Waals surface area (Å²) in [5.74, 6) is -0.319. The quantitative estimate of drug-likeness (QED) is 0.294. The van der Waals surface area contributed by atoms with Gasteiger partial charge in [-0.2, -0.15) is 10.2 Å². The number of aromatic nitrogens is 6. The molecule has 0 aliphatic carbocycles. The van der Waals surface area contributed by atoms with Crippen molar-refractivity contribution >= 4 is 23.6 Å². The van der Waals surface area contributed by atoms with Gasteiger partial charge < -0.3 is 20.9 Å². The van der Waals surface area contributed by atoms with Crippen LogP contribution in [0.5, 0.6) is 0 Å². The third kappa shape index (κ3) is 8.69. The largest absolute Gasteiger partial charge is 0.354 e. The first kappa shape index (κ1) is 33.9. The Labute approximate surface area is 279 Å². The third-order valence-electron chi connectivity index (χ3n) is 8.12. The van der Waals surface area contributed by atoms with Crippen LogP contribution in [0.25, 0.3) is 5.69 Å². The monoisotopic (exact) mass is 654 g/mol. The molecule has 0 bridgehead atoms. The highest BCUT2D eigenvalue weighted by atomic mass is 16.2. The SMILES string of the molecule is Cc1nc2n(n1)CC(=O)NCCCN(C(=O)c1ccccc1-n1cncn1)CCCC(=O)N[C@H](Cc1ccccc1)C(=O)N[C@H]2C(C)C. The van der Waals surface area contributed by atoms with Crippen LogP contribution in [-0.4, -0.2) is 83.7 Å². The van der Waals surface area contributed by atoms with Gasteiger partial charge in [-0.05, 0) is 43.4 Å². The van der Waals surface area contributed by atoms with Crippen molar-refractivity contribution in [3.63, 3.8) is 0 Å². The minimum atomic E-state index is -0.868. The van der Waals surface area contributed by atoms with Gasteiger partial charge in [-0.1, -0.05) is 56.3 Å². The van der Waals surface area contributed by atoms with E-state index >= 15 is 0 Å². The second-order valence-corrected chi connectivity index (χ2v) is 12.2. The highest BCUT2D eigenvalue weighted by Crippen LogP contribution is 2.21. The van der Waals surface area contributed by atoms with Crippen molar-refractivity contribution < 1.29 is 19.2 Å². The van der Waals surface area contributed by atoms with E-state index in [0.717, 1.165) is 5.56 Å².